The van der Waals surface area contributed by atoms with Crippen molar-refractivity contribution >= 4 is 47.2 Å². The largest absolute Gasteiger partial charge is 0.462 e. The van der Waals surface area contributed by atoms with Gasteiger partial charge in [0, 0.05) is 12.6 Å². The maximum Gasteiger partial charge on any atom is 0.350 e. The molecule has 0 aromatic carbocycles. The molecule has 2 unspecified atom stereocenters. The molecule has 9 heteroatoms. The third kappa shape index (κ3) is 6.86. The number of nitrogens with zero attached hydrogens (tertiary/aromatic N) is 3. The molecule has 1 saturated heterocycles. The molecule has 1 aromatic heterocycles. The molecule has 0 saturated carbocycles. The van der Waals surface area contributed by atoms with E-state index in [0.29, 0.717) is 23.2 Å². The molecular weight excluding hydrogens is 477 g/mol. The van der Waals surface area contributed by atoms with E-state index >= 15 is 0 Å². The van der Waals surface area contributed by atoms with Gasteiger partial charge in [0.1, 0.15) is 9.88 Å². The average molecular weight is 509 g/mol. The van der Waals surface area contributed by atoms with Crippen LogP contribution >= 0.6 is 35.3 Å². The Morgan fingerprint density at radius 2 is 2.22 bits per heavy atom. The molecular formula is C18H32IN5O2S. The molecule has 2 rings (SSSR count). The summed E-state index contributed by atoms with van der Waals surface area (Å²) in [4.78, 5) is 24.2. The minimum absolute atomic E-state index is 0. The van der Waals surface area contributed by atoms with Crippen LogP contribution in [0.3, 0.4) is 0 Å². The minimum atomic E-state index is -0.300. The van der Waals surface area contributed by atoms with Crippen LogP contribution in [0.1, 0.15) is 60.0 Å². The van der Waals surface area contributed by atoms with Crippen LogP contribution in [-0.4, -0.2) is 61.1 Å². The van der Waals surface area contributed by atoms with Crippen molar-refractivity contribution < 1.29 is 9.53 Å². The van der Waals surface area contributed by atoms with Crippen molar-refractivity contribution in [3.63, 3.8) is 0 Å². The molecule has 0 radical (unpaired) electrons. The Balaban J connectivity index is 0.00000364. The Labute approximate surface area is 183 Å². The monoisotopic (exact) mass is 509 g/mol. The number of aryl methyl sites for hydroxylation is 1. The highest BCUT2D eigenvalue weighted by molar-refractivity contribution is 14.0. The molecule has 1 fully saturated rings. The predicted octanol–water partition coefficient (Wildman–Crippen LogP) is 2.96. The number of aliphatic imine (C=N–C) groups is 1. The third-order valence-corrected chi connectivity index (χ3v) is 5.79. The first-order chi connectivity index (χ1) is 12.5. The maximum atomic E-state index is 12.0. The maximum absolute atomic E-state index is 12.0. The Morgan fingerprint density at radius 3 is 2.81 bits per heavy atom. The Bertz CT molecular complexity index is 637. The molecule has 2 N–H and O–H groups in total. The summed E-state index contributed by atoms with van der Waals surface area (Å²) in [5, 5.41) is 7.55. The van der Waals surface area contributed by atoms with Gasteiger partial charge in [-0.25, -0.2) is 9.78 Å². The van der Waals surface area contributed by atoms with Gasteiger partial charge >= 0.3 is 5.97 Å². The van der Waals surface area contributed by atoms with Crippen LogP contribution in [0.4, 0.5) is 0 Å². The summed E-state index contributed by atoms with van der Waals surface area (Å²) < 4.78 is 5.10. The summed E-state index contributed by atoms with van der Waals surface area (Å²) in [5.74, 6) is 0.483. The second-order valence-electron chi connectivity index (χ2n) is 6.55. The third-order valence-electron chi connectivity index (χ3n) is 4.47. The molecule has 0 aliphatic carbocycles. The summed E-state index contributed by atoms with van der Waals surface area (Å²) in [6.07, 6.45) is 2.44. The number of halogens is 1. The highest BCUT2D eigenvalue weighted by Gasteiger charge is 2.22. The number of ether oxygens (including phenoxy) is 1. The fourth-order valence-electron chi connectivity index (χ4n) is 2.98. The van der Waals surface area contributed by atoms with Crippen LogP contribution in [-0.2, 0) is 4.74 Å². The number of carbonyl (C=O) groups excluding carboxylic acids is 1. The Morgan fingerprint density at radius 1 is 1.48 bits per heavy atom. The molecule has 0 amide bonds. The number of thiazole rings is 1. The highest BCUT2D eigenvalue weighted by Crippen LogP contribution is 2.24. The van der Waals surface area contributed by atoms with E-state index < -0.39 is 0 Å². The first kappa shape index (κ1) is 24.1. The number of esters is 1. The predicted molar refractivity (Wildman–Crippen MR) is 121 cm³/mol. The van der Waals surface area contributed by atoms with Crippen molar-refractivity contribution in [2.75, 3.05) is 33.3 Å². The molecule has 2 heterocycles. The lowest BCUT2D eigenvalue weighted by molar-refractivity contribution is 0.0531. The van der Waals surface area contributed by atoms with Crippen LogP contribution in [0, 0.1) is 6.92 Å². The fourth-order valence-corrected chi connectivity index (χ4v) is 3.94. The minimum Gasteiger partial charge on any atom is -0.462 e. The molecule has 7 nitrogen and oxygen atoms in total. The lowest BCUT2D eigenvalue weighted by Gasteiger charge is -2.20. The van der Waals surface area contributed by atoms with E-state index in [-0.39, 0.29) is 36.0 Å². The lowest BCUT2D eigenvalue weighted by Crippen LogP contribution is -2.40. The van der Waals surface area contributed by atoms with Gasteiger partial charge in [0.15, 0.2) is 5.96 Å². The van der Waals surface area contributed by atoms with Crippen LogP contribution in [0.25, 0.3) is 0 Å². The first-order valence-electron chi connectivity index (χ1n) is 9.35. The number of likely N-dealkylation sites (tertiary alicyclic amines) is 1. The van der Waals surface area contributed by atoms with Gasteiger partial charge in [-0.2, -0.15) is 0 Å². The second-order valence-corrected chi connectivity index (χ2v) is 7.58. The highest BCUT2D eigenvalue weighted by atomic mass is 127. The van der Waals surface area contributed by atoms with E-state index in [0.717, 1.165) is 30.6 Å². The van der Waals surface area contributed by atoms with Crippen molar-refractivity contribution in [1.29, 1.82) is 0 Å². The number of hydrogen-bond donors (Lipinski definition) is 2. The van der Waals surface area contributed by atoms with E-state index in [1.54, 1.807) is 6.92 Å². The van der Waals surface area contributed by atoms with Crippen molar-refractivity contribution in [2.24, 2.45) is 4.99 Å². The van der Waals surface area contributed by atoms with Crippen molar-refractivity contribution in [2.45, 2.75) is 52.6 Å². The van der Waals surface area contributed by atoms with E-state index in [9.17, 15) is 4.79 Å². The fraction of sp³-hybridized carbons (Fsp3) is 0.722. The zero-order chi connectivity index (χ0) is 19.1. The summed E-state index contributed by atoms with van der Waals surface area (Å²) in [7, 11) is 2.16. The van der Waals surface area contributed by atoms with Gasteiger partial charge in [-0.05, 0) is 54.1 Å². The summed E-state index contributed by atoms with van der Waals surface area (Å²) in [6, 6.07) is 0.472. The zero-order valence-corrected chi connectivity index (χ0v) is 20.0. The second kappa shape index (κ2) is 11.8. The average Bonchev–Trinajstić information content (AvgIpc) is 3.19. The van der Waals surface area contributed by atoms with Gasteiger partial charge in [0.25, 0.3) is 0 Å². The molecule has 0 spiro atoms. The number of guanidine groups is 1. The topological polar surface area (TPSA) is 78.9 Å². The normalized spacial score (nSPS) is 18.7. The first-order valence-corrected chi connectivity index (χ1v) is 10.2. The van der Waals surface area contributed by atoms with E-state index in [4.69, 9.17) is 9.73 Å². The summed E-state index contributed by atoms with van der Waals surface area (Å²) in [5.41, 5.74) is 0.714. The van der Waals surface area contributed by atoms with E-state index in [1.165, 1.54) is 24.2 Å². The number of likely N-dealkylation sites (N-methyl/N-ethyl adjacent to an activating group) is 1. The SMILES string of the molecule is CCNC(=NCC1CCCN1C)NC(C)c1nc(C)c(C(=O)OCC)s1.I. The molecule has 0 bridgehead atoms. The quantitative estimate of drug-likeness (QED) is 0.255. The van der Waals surface area contributed by atoms with Gasteiger partial charge in [0.05, 0.1) is 24.9 Å². The van der Waals surface area contributed by atoms with Gasteiger partial charge in [-0.3, -0.25) is 4.99 Å². The number of hydrogen-bond acceptors (Lipinski definition) is 6. The Hall–Kier alpha value is -0.940. The van der Waals surface area contributed by atoms with Gasteiger partial charge in [-0.1, -0.05) is 0 Å². The van der Waals surface area contributed by atoms with Crippen molar-refractivity contribution in [3.8, 4) is 0 Å². The van der Waals surface area contributed by atoms with E-state index in [2.05, 4.69) is 34.5 Å². The zero-order valence-electron chi connectivity index (χ0n) is 16.9. The smallest absolute Gasteiger partial charge is 0.350 e. The summed E-state index contributed by atoms with van der Waals surface area (Å²) >= 11 is 1.38. The van der Waals surface area contributed by atoms with Crippen LogP contribution in [0.15, 0.2) is 4.99 Å². The van der Waals surface area contributed by atoms with Crippen molar-refractivity contribution in [3.05, 3.63) is 15.6 Å². The Kier molecular flexibility index (Phi) is 10.5. The lowest BCUT2D eigenvalue weighted by atomic mass is 10.2. The molecule has 1 aliphatic heterocycles. The molecule has 154 valence electrons. The van der Waals surface area contributed by atoms with Gasteiger partial charge < -0.3 is 20.3 Å². The van der Waals surface area contributed by atoms with Gasteiger partial charge in [-0.15, -0.1) is 35.3 Å². The number of rotatable bonds is 7. The molecule has 1 aliphatic rings. The molecule has 2 atom stereocenters. The van der Waals surface area contributed by atoms with Gasteiger partial charge in [0.2, 0.25) is 0 Å². The molecule has 1 aromatic rings. The summed E-state index contributed by atoms with van der Waals surface area (Å²) in [6.45, 7) is 10.8. The van der Waals surface area contributed by atoms with Crippen LogP contribution in [0.5, 0.6) is 0 Å². The number of aromatic nitrogens is 1. The van der Waals surface area contributed by atoms with Crippen LogP contribution in [0.2, 0.25) is 0 Å². The number of nitrogens with one attached hydrogen (secondary N) is 2. The number of carbonyl (C=O) groups is 1. The standard InChI is InChI=1S/C18H31N5O2S.HI/c1-6-19-18(20-11-14-9-8-10-23(14)5)22-13(4)16-21-12(3)15(26-16)17(24)25-7-2;/h13-14H,6-11H2,1-5H3,(H2,19,20,22);1H. The van der Waals surface area contributed by atoms with Crippen molar-refractivity contribution in [1.82, 2.24) is 20.5 Å². The molecule has 27 heavy (non-hydrogen) atoms. The van der Waals surface area contributed by atoms with E-state index in [1.807, 2.05) is 13.8 Å². The van der Waals surface area contributed by atoms with Crippen LogP contribution < -0.4 is 10.6 Å².